The van der Waals surface area contributed by atoms with Crippen molar-refractivity contribution in [1.29, 1.82) is 0 Å². The van der Waals surface area contributed by atoms with Crippen molar-refractivity contribution in [3.05, 3.63) is 135 Å². The summed E-state index contributed by atoms with van der Waals surface area (Å²) in [6, 6.07) is 25.2. The number of nitrogens with one attached hydrogen (secondary N) is 1. The molecule has 0 saturated heterocycles. The minimum absolute atomic E-state index is 0.0290. The van der Waals surface area contributed by atoms with Gasteiger partial charge < -0.3 is 26.4 Å². The molecule has 0 radical (unpaired) electrons. The first-order valence-electron chi connectivity index (χ1n) is 18.3. The number of carboxylic acids is 1. The Labute approximate surface area is 336 Å². The van der Waals surface area contributed by atoms with E-state index in [1.54, 1.807) is 60.8 Å². The lowest BCUT2D eigenvalue weighted by atomic mass is 9.82. The highest BCUT2D eigenvalue weighted by Crippen LogP contribution is 2.29. The molecule has 2 heterocycles. The molecule has 5 aromatic rings. The number of aromatic carboxylic acids is 1. The zero-order chi connectivity index (χ0) is 40.1. The number of para-hydroxylation sites is 2. The zero-order valence-electron chi connectivity index (χ0n) is 30.9. The maximum atomic E-state index is 12.5. The molecule has 6 N–H and O–H groups in total. The second-order valence-electron chi connectivity index (χ2n) is 13.9. The van der Waals surface area contributed by atoms with Crippen LogP contribution in [0.1, 0.15) is 89.0 Å². The predicted molar refractivity (Wildman–Crippen MR) is 218 cm³/mol. The molecule has 4 atom stereocenters. The highest BCUT2D eigenvalue weighted by atomic mass is 35.5. The predicted octanol–water partition coefficient (Wildman–Crippen LogP) is 7.15. The van der Waals surface area contributed by atoms with E-state index < -0.39 is 17.2 Å². The molecule has 7 rings (SSSR count). The number of carbonyl (C=O) groups excluding carboxylic acids is 1. The van der Waals surface area contributed by atoms with Crippen molar-refractivity contribution in [2.24, 2.45) is 5.73 Å². The molecule has 12 heteroatoms. The molecule has 0 spiro atoms. The van der Waals surface area contributed by atoms with E-state index in [0.717, 1.165) is 36.8 Å². The molecule has 0 bridgehead atoms. The number of rotatable bonds is 3. The molecule has 2 saturated carbocycles. The fourth-order valence-corrected chi connectivity index (χ4v) is 6.84. The molecule has 1 amide bonds. The van der Waals surface area contributed by atoms with Crippen molar-refractivity contribution in [3.63, 3.8) is 0 Å². The maximum Gasteiger partial charge on any atom is 0.356 e. The monoisotopic (exact) mass is 791 g/mol. The van der Waals surface area contributed by atoms with Crippen molar-refractivity contribution >= 4 is 46.1 Å². The summed E-state index contributed by atoms with van der Waals surface area (Å²) in [6.45, 7) is 1.81. The lowest BCUT2D eigenvalue weighted by Gasteiger charge is -2.33. The number of carbonyl (C=O) groups is 2. The topological polar surface area (TPSA) is 172 Å². The quantitative estimate of drug-likeness (QED) is 0.119. The van der Waals surface area contributed by atoms with Crippen LogP contribution in [0.4, 0.5) is 0 Å². The Morgan fingerprint density at radius 1 is 0.804 bits per heavy atom. The molecule has 2 aromatic heterocycles. The van der Waals surface area contributed by atoms with Crippen molar-refractivity contribution < 1.29 is 24.9 Å². The van der Waals surface area contributed by atoms with Crippen LogP contribution in [0.2, 0.25) is 10.0 Å². The number of nitrogens with two attached hydrogens (primary N) is 1. The third-order valence-corrected chi connectivity index (χ3v) is 9.75. The van der Waals surface area contributed by atoms with Crippen LogP contribution in [0.25, 0.3) is 11.0 Å². The van der Waals surface area contributed by atoms with Crippen LogP contribution < -0.4 is 11.1 Å². The molecule has 2 aliphatic rings. The van der Waals surface area contributed by atoms with Crippen LogP contribution in [0.3, 0.4) is 0 Å². The molecule has 3 aromatic carbocycles. The van der Waals surface area contributed by atoms with E-state index in [0.29, 0.717) is 58.0 Å². The smallest absolute Gasteiger partial charge is 0.356 e. The second kappa shape index (κ2) is 19.5. The summed E-state index contributed by atoms with van der Waals surface area (Å²) in [5.74, 6) is 10.7. The van der Waals surface area contributed by atoms with Gasteiger partial charge >= 0.3 is 5.97 Å². The van der Waals surface area contributed by atoms with Crippen molar-refractivity contribution in [3.8, 4) is 23.7 Å². The van der Waals surface area contributed by atoms with Gasteiger partial charge in [0.25, 0.3) is 5.91 Å². The van der Waals surface area contributed by atoms with Gasteiger partial charge in [-0.3, -0.25) is 14.8 Å². The third-order valence-electron chi connectivity index (χ3n) is 9.27. The number of aliphatic hydroxyl groups is 2. The molecule has 2 fully saturated rings. The minimum atomic E-state index is -1.11. The Kier molecular flexibility index (Phi) is 14.6. The number of hydrogen-bond acceptors (Lipinski definition) is 8. The van der Waals surface area contributed by atoms with Crippen LogP contribution in [0, 0.1) is 30.6 Å². The van der Waals surface area contributed by atoms with Gasteiger partial charge in [-0.2, -0.15) is 0 Å². The van der Waals surface area contributed by atoms with Crippen LogP contribution in [-0.4, -0.2) is 65.4 Å². The third kappa shape index (κ3) is 12.6. The van der Waals surface area contributed by atoms with E-state index in [1.165, 1.54) is 6.20 Å². The largest absolute Gasteiger partial charge is 0.476 e. The number of halogens is 2. The average molecular weight is 793 g/mol. The van der Waals surface area contributed by atoms with Gasteiger partial charge in [0, 0.05) is 58.0 Å². The second-order valence-corrected chi connectivity index (χ2v) is 14.8. The molecule has 2 aliphatic carbocycles. The molecular weight excluding hydrogens is 749 g/mol. The summed E-state index contributed by atoms with van der Waals surface area (Å²) in [7, 11) is 0. The van der Waals surface area contributed by atoms with E-state index in [9.17, 15) is 19.8 Å². The number of aryl methyl sites for hydroxylation is 1. The number of hydrogen-bond donors (Lipinski definition) is 5. The van der Waals surface area contributed by atoms with Gasteiger partial charge in [0.1, 0.15) is 11.2 Å². The highest BCUT2D eigenvalue weighted by molar-refractivity contribution is 6.31. The summed E-state index contributed by atoms with van der Waals surface area (Å²) >= 11 is 11.8. The molecule has 288 valence electrons. The van der Waals surface area contributed by atoms with E-state index in [-0.39, 0.29) is 23.7 Å². The van der Waals surface area contributed by atoms with Gasteiger partial charge in [0.15, 0.2) is 5.69 Å². The lowest BCUT2D eigenvalue weighted by Crippen LogP contribution is -2.45. The van der Waals surface area contributed by atoms with E-state index in [4.69, 9.17) is 34.0 Å². The number of amides is 1. The van der Waals surface area contributed by atoms with Crippen molar-refractivity contribution in [1.82, 2.24) is 20.3 Å². The van der Waals surface area contributed by atoms with Crippen molar-refractivity contribution in [2.75, 3.05) is 0 Å². The Morgan fingerprint density at radius 3 is 2.00 bits per heavy atom. The summed E-state index contributed by atoms with van der Waals surface area (Å²) in [6.07, 6.45) is 8.72. The van der Waals surface area contributed by atoms with Gasteiger partial charge in [-0.25, -0.2) is 9.78 Å². The van der Waals surface area contributed by atoms with Gasteiger partial charge in [0.05, 0.1) is 22.8 Å². The van der Waals surface area contributed by atoms with Crippen LogP contribution >= 0.6 is 23.2 Å². The normalized spacial score (nSPS) is 21.2. The summed E-state index contributed by atoms with van der Waals surface area (Å²) in [5, 5.41) is 34.1. The first kappa shape index (κ1) is 41.8. The summed E-state index contributed by atoms with van der Waals surface area (Å²) in [4.78, 5) is 35.0. The standard InChI is InChI=1S/C21H21ClN2O2.C14H16ClNO.C9H6N2O2/c1-15-19(8-4-12-23-15)20(25)24-18-7-3-10-21(26,14-18)11-9-16-5-2-6-17(22)13-16;15-12-4-1-3-11(9-12)6-8-14(17)7-2-5-13(16)10-14;12-9(13)8-5-10-6-3-1-2-4-7(6)11-8/h2,4-6,8,12-13,18,26H,3,7,10,14H2,1H3,(H,24,25);1,3-4,9,13,17H,2,5,7,10,16H2;1-5H,(H,12,13)/t18-,21+;13-,14+;/m00./s1. The first-order chi connectivity index (χ1) is 26.8. The number of aromatic nitrogens is 3. The Balaban J connectivity index is 0.000000172. The minimum Gasteiger partial charge on any atom is -0.476 e. The molecule has 0 unspecified atom stereocenters. The fraction of sp³-hybridized carbons (Fsp3) is 0.295. The SMILES string of the molecule is Cc1ncccc1C(=O)N[C@H]1CCC[C@@](O)(C#Cc2cccc(Cl)c2)C1.N[C@H]1CCC[C@@](O)(C#Cc2cccc(Cl)c2)C1.O=C(O)c1cnc2ccccc2n1. The first-order valence-corrected chi connectivity index (χ1v) is 19.0. The number of pyridine rings is 1. The van der Waals surface area contributed by atoms with Crippen LogP contribution in [0.15, 0.2) is 97.3 Å². The number of nitrogens with zero attached hydrogens (tertiary/aromatic N) is 3. The van der Waals surface area contributed by atoms with Gasteiger partial charge in [0.2, 0.25) is 0 Å². The highest BCUT2D eigenvalue weighted by Gasteiger charge is 2.34. The van der Waals surface area contributed by atoms with Gasteiger partial charge in [-0.15, -0.1) is 0 Å². The van der Waals surface area contributed by atoms with E-state index in [1.807, 2.05) is 37.3 Å². The summed E-state index contributed by atoms with van der Waals surface area (Å²) < 4.78 is 0. The molecule has 0 aliphatic heterocycles. The number of benzene rings is 3. The van der Waals surface area contributed by atoms with Crippen LogP contribution in [0.5, 0.6) is 0 Å². The van der Waals surface area contributed by atoms with Gasteiger partial charge in [-0.05, 0) is 106 Å². The molecule has 10 nitrogen and oxygen atoms in total. The fourth-order valence-electron chi connectivity index (χ4n) is 6.45. The average Bonchev–Trinajstić information content (AvgIpc) is 3.17. The lowest BCUT2D eigenvalue weighted by molar-refractivity contribution is 0.0451. The Morgan fingerprint density at radius 2 is 1.41 bits per heavy atom. The molecule has 56 heavy (non-hydrogen) atoms. The summed E-state index contributed by atoms with van der Waals surface area (Å²) in [5.41, 5.74) is 7.93. The van der Waals surface area contributed by atoms with E-state index >= 15 is 0 Å². The van der Waals surface area contributed by atoms with Crippen LogP contribution in [-0.2, 0) is 0 Å². The Bertz CT molecular complexity index is 2300. The zero-order valence-corrected chi connectivity index (χ0v) is 32.4. The maximum absolute atomic E-state index is 12.5. The van der Waals surface area contributed by atoms with Crippen molar-refractivity contribution in [2.45, 2.75) is 81.6 Å². The Hall–Kier alpha value is -5.33. The van der Waals surface area contributed by atoms with Gasteiger partial charge in [-0.1, -0.05) is 71.1 Å². The van der Waals surface area contributed by atoms with E-state index in [2.05, 4.69) is 44.0 Å². The molecular formula is C44H43Cl2N5O5. The number of carboxylic acid groups (broad SMARTS) is 1. The number of fused-ring (bicyclic) bond motifs is 1.